The lowest BCUT2D eigenvalue weighted by Crippen LogP contribution is -2.15. The molecule has 8 nitrogen and oxygen atoms in total. The number of anilines is 2. The molecule has 0 amide bonds. The van der Waals surface area contributed by atoms with Crippen molar-refractivity contribution in [3.05, 3.63) is 5.82 Å². The van der Waals surface area contributed by atoms with E-state index in [1.807, 2.05) is 14.1 Å². The van der Waals surface area contributed by atoms with E-state index >= 15 is 0 Å². The smallest absolute Gasteiger partial charge is 0.230 e. The van der Waals surface area contributed by atoms with E-state index in [1.165, 1.54) is 24.6 Å². The van der Waals surface area contributed by atoms with Crippen LogP contribution in [0.4, 0.5) is 11.9 Å². The molecule has 3 heterocycles. The van der Waals surface area contributed by atoms with Crippen LogP contribution >= 0.6 is 11.8 Å². The molecular formula is C12H18N8S. The maximum Gasteiger partial charge on any atom is 0.230 e. The molecule has 2 aromatic rings. The van der Waals surface area contributed by atoms with Gasteiger partial charge in [0.15, 0.2) is 5.16 Å². The highest BCUT2D eigenvalue weighted by molar-refractivity contribution is 7.99. The number of nitrogens with zero attached hydrogens (tertiary/aromatic N) is 7. The van der Waals surface area contributed by atoms with Crippen LogP contribution in [0.2, 0.25) is 0 Å². The summed E-state index contributed by atoms with van der Waals surface area (Å²) in [5.41, 5.74) is 5.74. The molecule has 9 heteroatoms. The standard InChI is InChI=1S/C12H18N8S/c1-19(2)10-14-9(13)15-11(16-10)21-12-18-17-8-6-4-3-5-7-20(8)12/h3-7H2,1-2H3,(H2,13,14,15,16). The predicted octanol–water partition coefficient (Wildman–Crippen LogP) is 0.989. The van der Waals surface area contributed by atoms with Gasteiger partial charge in [-0.15, -0.1) is 10.2 Å². The lowest BCUT2D eigenvalue weighted by Gasteiger charge is -2.11. The molecule has 112 valence electrons. The number of rotatable bonds is 3. The van der Waals surface area contributed by atoms with Gasteiger partial charge in [-0.05, 0) is 24.6 Å². The molecular weight excluding hydrogens is 288 g/mol. The van der Waals surface area contributed by atoms with Crippen LogP contribution in [0.15, 0.2) is 10.3 Å². The molecule has 3 rings (SSSR count). The molecule has 1 aliphatic heterocycles. The zero-order valence-corrected chi connectivity index (χ0v) is 13.0. The normalized spacial score (nSPS) is 14.6. The maximum absolute atomic E-state index is 5.74. The molecule has 0 bridgehead atoms. The Morgan fingerprint density at radius 1 is 1.10 bits per heavy atom. The number of hydrogen-bond acceptors (Lipinski definition) is 8. The lowest BCUT2D eigenvalue weighted by atomic mass is 10.2. The quantitative estimate of drug-likeness (QED) is 0.896. The fourth-order valence-electron chi connectivity index (χ4n) is 2.22. The second-order valence-corrected chi connectivity index (χ2v) is 6.07. The summed E-state index contributed by atoms with van der Waals surface area (Å²) in [6.07, 6.45) is 4.54. The molecule has 0 aliphatic carbocycles. The minimum Gasteiger partial charge on any atom is -0.368 e. The van der Waals surface area contributed by atoms with Gasteiger partial charge in [0.2, 0.25) is 17.1 Å². The van der Waals surface area contributed by atoms with E-state index in [9.17, 15) is 0 Å². The fraction of sp³-hybridized carbons (Fsp3) is 0.583. The summed E-state index contributed by atoms with van der Waals surface area (Å²) in [6.45, 7) is 0.950. The van der Waals surface area contributed by atoms with Gasteiger partial charge >= 0.3 is 0 Å². The first kappa shape index (κ1) is 14.1. The summed E-state index contributed by atoms with van der Waals surface area (Å²) < 4.78 is 2.16. The van der Waals surface area contributed by atoms with Gasteiger partial charge in [-0.3, -0.25) is 0 Å². The zero-order valence-electron chi connectivity index (χ0n) is 12.2. The summed E-state index contributed by atoms with van der Waals surface area (Å²) in [4.78, 5) is 14.4. The SMILES string of the molecule is CN(C)c1nc(N)nc(Sc2nnc3n2CCCCC3)n1. The highest BCUT2D eigenvalue weighted by atomic mass is 32.2. The molecule has 0 unspecified atom stereocenters. The third kappa shape index (κ3) is 3.07. The summed E-state index contributed by atoms with van der Waals surface area (Å²) in [5, 5.41) is 9.90. The van der Waals surface area contributed by atoms with Gasteiger partial charge < -0.3 is 15.2 Å². The minimum absolute atomic E-state index is 0.215. The second kappa shape index (κ2) is 5.84. The van der Waals surface area contributed by atoms with Crippen LogP contribution in [0.3, 0.4) is 0 Å². The van der Waals surface area contributed by atoms with E-state index in [0.717, 1.165) is 30.4 Å². The van der Waals surface area contributed by atoms with E-state index in [0.29, 0.717) is 11.1 Å². The van der Waals surface area contributed by atoms with Crippen molar-refractivity contribution in [2.75, 3.05) is 24.7 Å². The van der Waals surface area contributed by atoms with Gasteiger partial charge in [0.1, 0.15) is 5.82 Å². The average molecular weight is 306 g/mol. The topological polar surface area (TPSA) is 98.6 Å². The van der Waals surface area contributed by atoms with Crippen molar-refractivity contribution in [2.45, 2.75) is 42.5 Å². The Kier molecular flexibility index (Phi) is 3.91. The molecule has 2 aromatic heterocycles. The van der Waals surface area contributed by atoms with E-state index in [-0.39, 0.29) is 5.95 Å². The number of fused-ring (bicyclic) bond motifs is 1. The van der Waals surface area contributed by atoms with Gasteiger partial charge in [-0.1, -0.05) is 6.42 Å². The Labute approximate surface area is 127 Å². The summed E-state index contributed by atoms with van der Waals surface area (Å²) >= 11 is 1.38. The number of nitrogen functional groups attached to an aromatic ring is 1. The zero-order chi connectivity index (χ0) is 14.8. The summed E-state index contributed by atoms with van der Waals surface area (Å²) in [7, 11) is 3.73. The van der Waals surface area contributed by atoms with Crippen molar-refractivity contribution < 1.29 is 0 Å². The first-order valence-electron chi connectivity index (χ1n) is 6.92. The van der Waals surface area contributed by atoms with Gasteiger partial charge in [0.05, 0.1) is 0 Å². The van der Waals surface area contributed by atoms with Gasteiger partial charge in [-0.25, -0.2) is 0 Å². The second-order valence-electron chi connectivity index (χ2n) is 5.13. The molecule has 21 heavy (non-hydrogen) atoms. The van der Waals surface area contributed by atoms with Crippen molar-refractivity contribution in [1.82, 2.24) is 29.7 Å². The first-order chi connectivity index (χ1) is 10.1. The fourth-order valence-corrected chi connectivity index (χ4v) is 3.04. The predicted molar refractivity (Wildman–Crippen MR) is 80.3 cm³/mol. The molecule has 0 aromatic carbocycles. The van der Waals surface area contributed by atoms with Crippen molar-refractivity contribution in [3.8, 4) is 0 Å². The highest BCUT2D eigenvalue weighted by Gasteiger charge is 2.17. The van der Waals surface area contributed by atoms with E-state index < -0.39 is 0 Å². The van der Waals surface area contributed by atoms with E-state index in [2.05, 4.69) is 29.7 Å². The van der Waals surface area contributed by atoms with Crippen LogP contribution in [0.5, 0.6) is 0 Å². The number of aryl methyl sites for hydroxylation is 1. The van der Waals surface area contributed by atoms with Crippen molar-refractivity contribution >= 4 is 23.7 Å². The van der Waals surface area contributed by atoms with E-state index in [1.54, 1.807) is 4.90 Å². The summed E-state index contributed by atoms with van der Waals surface area (Å²) in [6, 6.07) is 0. The van der Waals surface area contributed by atoms with Crippen molar-refractivity contribution in [2.24, 2.45) is 0 Å². The van der Waals surface area contributed by atoms with Crippen molar-refractivity contribution in [1.29, 1.82) is 0 Å². The molecule has 0 radical (unpaired) electrons. The molecule has 0 atom stereocenters. The Morgan fingerprint density at radius 2 is 1.95 bits per heavy atom. The van der Waals surface area contributed by atoms with Crippen LogP contribution in [0, 0.1) is 0 Å². The largest absolute Gasteiger partial charge is 0.368 e. The Bertz CT molecular complexity index is 638. The Morgan fingerprint density at radius 3 is 2.76 bits per heavy atom. The highest BCUT2D eigenvalue weighted by Crippen LogP contribution is 2.27. The third-order valence-electron chi connectivity index (χ3n) is 3.28. The van der Waals surface area contributed by atoms with E-state index in [4.69, 9.17) is 5.73 Å². The number of hydrogen-bond donors (Lipinski definition) is 1. The summed E-state index contributed by atoms with van der Waals surface area (Å²) in [5.74, 6) is 1.80. The average Bonchev–Trinajstić information content (AvgIpc) is 2.68. The molecule has 1 aliphatic rings. The van der Waals surface area contributed by atoms with Crippen LogP contribution in [0.25, 0.3) is 0 Å². The molecule has 0 saturated heterocycles. The Hall–Kier alpha value is -1.90. The maximum atomic E-state index is 5.74. The molecule has 0 spiro atoms. The third-order valence-corrected chi connectivity index (χ3v) is 4.13. The number of aromatic nitrogens is 6. The van der Waals surface area contributed by atoms with Crippen LogP contribution in [-0.4, -0.2) is 43.8 Å². The van der Waals surface area contributed by atoms with Gasteiger partial charge in [0, 0.05) is 27.1 Å². The van der Waals surface area contributed by atoms with Crippen molar-refractivity contribution in [3.63, 3.8) is 0 Å². The first-order valence-corrected chi connectivity index (χ1v) is 7.74. The monoisotopic (exact) mass is 306 g/mol. The Balaban J connectivity index is 1.89. The van der Waals surface area contributed by atoms with Crippen LogP contribution < -0.4 is 10.6 Å². The molecule has 0 saturated carbocycles. The van der Waals surface area contributed by atoms with Gasteiger partial charge in [-0.2, -0.15) is 15.0 Å². The van der Waals surface area contributed by atoms with Gasteiger partial charge in [0.25, 0.3) is 0 Å². The van der Waals surface area contributed by atoms with Crippen LogP contribution in [-0.2, 0) is 13.0 Å². The lowest BCUT2D eigenvalue weighted by molar-refractivity contribution is 0.590. The minimum atomic E-state index is 0.215. The molecule has 0 fully saturated rings. The molecule has 2 N–H and O–H groups in total. The van der Waals surface area contributed by atoms with Crippen LogP contribution in [0.1, 0.15) is 25.1 Å². The number of nitrogens with two attached hydrogens (primary N) is 1.